The number of methoxy groups -OCH3 is 2. The summed E-state index contributed by atoms with van der Waals surface area (Å²) in [6.45, 7) is 0.709. The maximum absolute atomic E-state index is 11.9. The lowest BCUT2D eigenvalue weighted by molar-refractivity contribution is -0.119. The highest BCUT2D eigenvalue weighted by Gasteiger charge is 2.23. The number of benzene rings is 1. The molecule has 0 spiro atoms. The van der Waals surface area contributed by atoms with Crippen molar-refractivity contribution >= 4 is 17.3 Å². The monoisotopic (exact) mass is 250 g/mol. The second-order valence-corrected chi connectivity index (χ2v) is 4.27. The van der Waals surface area contributed by atoms with Gasteiger partial charge >= 0.3 is 0 Å². The van der Waals surface area contributed by atoms with E-state index in [1.165, 1.54) is 0 Å². The maximum Gasteiger partial charge on any atom is 0.227 e. The number of carbonyl (C=O) groups is 1. The average Bonchev–Trinajstić information content (AvgIpc) is 2.39. The van der Waals surface area contributed by atoms with Crippen molar-refractivity contribution in [3.8, 4) is 11.5 Å². The van der Waals surface area contributed by atoms with Gasteiger partial charge in [-0.15, -0.1) is 0 Å². The van der Waals surface area contributed by atoms with Gasteiger partial charge in [-0.05, 0) is 18.9 Å². The summed E-state index contributed by atoms with van der Waals surface area (Å²) in [6.07, 6.45) is 2.53. The van der Waals surface area contributed by atoms with E-state index in [0.717, 1.165) is 18.5 Å². The predicted molar refractivity (Wildman–Crippen MR) is 70.2 cm³/mol. The van der Waals surface area contributed by atoms with Crippen molar-refractivity contribution in [2.45, 2.75) is 19.3 Å². The molecule has 1 aliphatic heterocycles. The number of nitrogens with zero attached hydrogens (tertiary/aromatic N) is 1. The standard InChI is InChI=1S/C13H18N2O3/c1-17-11-8-12(18-2)10(7-9(11)14)15-6-4-3-5-13(15)16/h7-8H,3-6,14H2,1-2H3. The quantitative estimate of drug-likeness (QED) is 0.831. The zero-order valence-corrected chi connectivity index (χ0v) is 10.7. The number of hydrogen-bond donors (Lipinski definition) is 1. The van der Waals surface area contributed by atoms with Crippen LogP contribution in [0.1, 0.15) is 19.3 Å². The van der Waals surface area contributed by atoms with Crippen molar-refractivity contribution in [3.63, 3.8) is 0 Å². The van der Waals surface area contributed by atoms with Crippen molar-refractivity contribution in [3.05, 3.63) is 12.1 Å². The normalized spacial score (nSPS) is 15.7. The molecule has 2 rings (SSSR count). The third-order valence-electron chi connectivity index (χ3n) is 3.15. The van der Waals surface area contributed by atoms with E-state index in [9.17, 15) is 4.79 Å². The van der Waals surface area contributed by atoms with Crippen LogP contribution in [-0.2, 0) is 4.79 Å². The SMILES string of the molecule is COc1cc(OC)c(N2CCCCC2=O)cc1N. The van der Waals surface area contributed by atoms with Gasteiger partial charge in [-0.3, -0.25) is 4.79 Å². The smallest absolute Gasteiger partial charge is 0.227 e. The van der Waals surface area contributed by atoms with Crippen LogP contribution < -0.4 is 20.1 Å². The van der Waals surface area contributed by atoms with Crippen LogP contribution in [0.15, 0.2) is 12.1 Å². The largest absolute Gasteiger partial charge is 0.494 e. The highest BCUT2D eigenvalue weighted by Crippen LogP contribution is 2.38. The molecule has 5 nitrogen and oxygen atoms in total. The van der Waals surface area contributed by atoms with Crippen molar-refractivity contribution in [2.24, 2.45) is 0 Å². The number of carbonyl (C=O) groups excluding carboxylic acids is 1. The Morgan fingerprint density at radius 3 is 2.50 bits per heavy atom. The van der Waals surface area contributed by atoms with Gasteiger partial charge in [0.05, 0.1) is 25.6 Å². The molecule has 0 aliphatic carbocycles. The molecule has 0 radical (unpaired) electrons. The first-order chi connectivity index (χ1) is 8.67. The Balaban J connectivity index is 2.42. The minimum atomic E-state index is 0.115. The Morgan fingerprint density at radius 2 is 1.89 bits per heavy atom. The van der Waals surface area contributed by atoms with Gasteiger partial charge in [-0.1, -0.05) is 0 Å². The molecule has 18 heavy (non-hydrogen) atoms. The average molecular weight is 250 g/mol. The highest BCUT2D eigenvalue weighted by atomic mass is 16.5. The Morgan fingerprint density at radius 1 is 1.17 bits per heavy atom. The molecule has 1 saturated heterocycles. The number of rotatable bonds is 3. The molecule has 1 aromatic carbocycles. The summed E-state index contributed by atoms with van der Waals surface area (Å²) in [5.74, 6) is 1.28. The predicted octanol–water partition coefficient (Wildman–Crippen LogP) is 1.80. The van der Waals surface area contributed by atoms with Crippen LogP contribution in [0.4, 0.5) is 11.4 Å². The van der Waals surface area contributed by atoms with E-state index in [-0.39, 0.29) is 5.91 Å². The van der Waals surface area contributed by atoms with E-state index in [2.05, 4.69) is 0 Å². The van der Waals surface area contributed by atoms with E-state index in [1.807, 2.05) is 0 Å². The molecule has 0 bridgehead atoms. The van der Waals surface area contributed by atoms with E-state index in [0.29, 0.717) is 30.2 Å². The topological polar surface area (TPSA) is 64.8 Å². The number of ether oxygens (including phenoxy) is 2. The minimum Gasteiger partial charge on any atom is -0.494 e. The fraction of sp³-hybridized carbons (Fsp3) is 0.462. The Hall–Kier alpha value is -1.91. The second-order valence-electron chi connectivity index (χ2n) is 4.27. The van der Waals surface area contributed by atoms with Crippen LogP contribution in [0.2, 0.25) is 0 Å². The fourth-order valence-corrected chi connectivity index (χ4v) is 2.18. The van der Waals surface area contributed by atoms with E-state index < -0.39 is 0 Å². The zero-order chi connectivity index (χ0) is 13.1. The van der Waals surface area contributed by atoms with Crippen LogP contribution in [0.25, 0.3) is 0 Å². The Kier molecular flexibility index (Phi) is 3.60. The molecule has 1 aliphatic rings. The van der Waals surface area contributed by atoms with Crippen molar-refractivity contribution in [1.82, 2.24) is 0 Å². The number of nitrogen functional groups attached to an aromatic ring is 1. The lowest BCUT2D eigenvalue weighted by Gasteiger charge is -2.28. The van der Waals surface area contributed by atoms with Gasteiger partial charge in [0, 0.05) is 19.0 Å². The van der Waals surface area contributed by atoms with E-state index in [1.54, 1.807) is 31.3 Å². The molecule has 1 fully saturated rings. The molecule has 0 saturated carbocycles. The van der Waals surface area contributed by atoms with Gasteiger partial charge < -0.3 is 20.1 Å². The molecule has 2 N–H and O–H groups in total. The van der Waals surface area contributed by atoms with Crippen LogP contribution in [0, 0.1) is 0 Å². The summed E-state index contributed by atoms with van der Waals surface area (Å²) in [5, 5.41) is 0. The van der Waals surface area contributed by atoms with E-state index >= 15 is 0 Å². The number of amides is 1. The Bertz CT molecular complexity index is 460. The molecule has 0 unspecified atom stereocenters. The van der Waals surface area contributed by atoms with E-state index in [4.69, 9.17) is 15.2 Å². The first-order valence-electron chi connectivity index (χ1n) is 5.99. The van der Waals surface area contributed by atoms with Crippen LogP contribution in [0.3, 0.4) is 0 Å². The minimum absolute atomic E-state index is 0.115. The van der Waals surface area contributed by atoms with Gasteiger partial charge in [-0.25, -0.2) is 0 Å². The molecule has 1 heterocycles. The number of nitrogens with two attached hydrogens (primary N) is 1. The molecule has 0 aromatic heterocycles. The molecular weight excluding hydrogens is 232 g/mol. The van der Waals surface area contributed by atoms with Crippen molar-refractivity contribution in [2.75, 3.05) is 31.4 Å². The van der Waals surface area contributed by atoms with Gasteiger partial charge in [0.2, 0.25) is 5.91 Å². The number of hydrogen-bond acceptors (Lipinski definition) is 4. The van der Waals surface area contributed by atoms with Crippen LogP contribution in [0.5, 0.6) is 11.5 Å². The lowest BCUT2D eigenvalue weighted by Crippen LogP contribution is -2.35. The number of piperidine rings is 1. The Labute approximate surface area is 106 Å². The third kappa shape index (κ3) is 2.20. The van der Waals surface area contributed by atoms with Crippen molar-refractivity contribution < 1.29 is 14.3 Å². The third-order valence-corrected chi connectivity index (χ3v) is 3.15. The lowest BCUT2D eigenvalue weighted by atomic mass is 10.1. The van der Waals surface area contributed by atoms with Crippen LogP contribution in [-0.4, -0.2) is 26.7 Å². The first-order valence-corrected chi connectivity index (χ1v) is 5.99. The maximum atomic E-state index is 11.9. The fourth-order valence-electron chi connectivity index (χ4n) is 2.18. The molecule has 98 valence electrons. The summed E-state index contributed by atoms with van der Waals surface area (Å²) < 4.78 is 10.5. The van der Waals surface area contributed by atoms with Gasteiger partial charge in [0.15, 0.2) is 0 Å². The molecular formula is C13H18N2O3. The zero-order valence-electron chi connectivity index (χ0n) is 10.7. The summed E-state index contributed by atoms with van der Waals surface area (Å²) in [5.41, 5.74) is 7.12. The summed E-state index contributed by atoms with van der Waals surface area (Å²) in [7, 11) is 3.12. The molecule has 1 amide bonds. The second kappa shape index (κ2) is 5.16. The summed E-state index contributed by atoms with van der Waals surface area (Å²) >= 11 is 0. The number of anilines is 2. The molecule has 1 aromatic rings. The van der Waals surface area contributed by atoms with Gasteiger partial charge in [-0.2, -0.15) is 0 Å². The summed E-state index contributed by atoms with van der Waals surface area (Å²) in [6, 6.07) is 3.45. The van der Waals surface area contributed by atoms with Crippen molar-refractivity contribution in [1.29, 1.82) is 0 Å². The van der Waals surface area contributed by atoms with Gasteiger partial charge in [0.1, 0.15) is 11.5 Å². The highest BCUT2D eigenvalue weighted by molar-refractivity contribution is 5.96. The van der Waals surface area contributed by atoms with Gasteiger partial charge in [0.25, 0.3) is 0 Å². The summed E-state index contributed by atoms with van der Waals surface area (Å²) in [4.78, 5) is 13.7. The first kappa shape index (κ1) is 12.5. The molecule has 5 heteroatoms. The molecule has 0 atom stereocenters. The van der Waals surface area contributed by atoms with Crippen LogP contribution >= 0.6 is 0 Å².